The van der Waals surface area contributed by atoms with E-state index in [9.17, 15) is 18.0 Å². The van der Waals surface area contributed by atoms with Gasteiger partial charge in [-0.2, -0.15) is 13.2 Å². The van der Waals surface area contributed by atoms with Gasteiger partial charge >= 0.3 is 12.1 Å². The molecule has 0 rings (SSSR count). The number of ether oxygens (including phenoxy) is 2. The third-order valence-corrected chi connectivity index (χ3v) is 1.19. The van der Waals surface area contributed by atoms with Gasteiger partial charge in [-0.05, 0) is 13.0 Å². The number of carbonyl (C=O) groups is 1. The Labute approximate surface area is 85.2 Å². The first-order valence-corrected chi connectivity index (χ1v) is 4.04. The van der Waals surface area contributed by atoms with Crippen LogP contribution in [0.1, 0.15) is 6.92 Å². The van der Waals surface area contributed by atoms with Gasteiger partial charge in [-0.25, -0.2) is 4.79 Å². The number of allylic oxidation sites excluding steroid dienone is 1. The number of hydrogen-bond donors (Lipinski definition) is 0. The summed E-state index contributed by atoms with van der Waals surface area (Å²) in [6.45, 7) is 3.18. The van der Waals surface area contributed by atoms with E-state index in [1.54, 1.807) is 0 Å². The maximum Gasteiger partial charge on any atom is 0.422 e. The monoisotopic (exact) mass is 224 g/mol. The van der Waals surface area contributed by atoms with Gasteiger partial charge in [0.25, 0.3) is 0 Å². The molecule has 0 saturated heterocycles. The second-order valence-corrected chi connectivity index (χ2v) is 2.44. The summed E-state index contributed by atoms with van der Waals surface area (Å²) in [6, 6.07) is 0. The van der Waals surface area contributed by atoms with Crippen molar-refractivity contribution < 1.29 is 27.4 Å². The molecule has 0 aliphatic rings. The average molecular weight is 224 g/mol. The second kappa shape index (κ2) is 6.10. The van der Waals surface area contributed by atoms with Crippen LogP contribution in [-0.4, -0.2) is 25.4 Å². The molecule has 0 aliphatic heterocycles. The highest BCUT2D eigenvalue weighted by Crippen LogP contribution is 2.15. The van der Waals surface area contributed by atoms with Crippen molar-refractivity contribution in [1.82, 2.24) is 0 Å². The fourth-order valence-electron chi connectivity index (χ4n) is 0.627. The van der Waals surface area contributed by atoms with Gasteiger partial charge in [0.1, 0.15) is 6.61 Å². The molecule has 0 heterocycles. The van der Waals surface area contributed by atoms with E-state index in [2.05, 4.69) is 11.3 Å². The molecule has 6 heteroatoms. The van der Waals surface area contributed by atoms with Crippen molar-refractivity contribution >= 4 is 5.97 Å². The van der Waals surface area contributed by atoms with Crippen LogP contribution in [0.5, 0.6) is 0 Å². The zero-order valence-electron chi connectivity index (χ0n) is 8.13. The number of carbonyl (C=O) groups excluding carboxylic acids is 1. The molecule has 0 fully saturated rings. The van der Waals surface area contributed by atoms with Crippen molar-refractivity contribution in [2.24, 2.45) is 0 Å². The van der Waals surface area contributed by atoms with Gasteiger partial charge in [0.2, 0.25) is 5.76 Å². The minimum Gasteiger partial charge on any atom is -0.483 e. The van der Waals surface area contributed by atoms with Gasteiger partial charge in [0.05, 0.1) is 0 Å². The first-order valence-electron chi connectivity index (χ1n) is 4.04. The van der Waals surface area contributed by atoms with E-state index < -0.39 is 18.8 Å². The predicted octanol–water partition coefficient (Wildman–Crippen LogP) is 2.20. The molecule has 0 atom stereocenters. The van der Waals surface area contributed by atoms with Gasteiger partial charge < -0.3 is 9.47 Å². The lowest BCUT2D eigenvalue weighted by Crippen LogP contribution is -2.21. The van der Waals surface area contributed by atoms with Crippen molar-refractivity contribution in [3.05, 3.63) is 24.5 Å². The van der Waals surface area contributed by atoms with Gasteiger partial charge in [-0.15, -0.1) is 0 Å². The van der Waals surface area contributed by atoms with E-state index in [1.165, 1.54) is 19.1 Å². The maximum absolute atomic E-state index is 11.7. The average Bonchev–Trinajstić information content (AvgIpc) is 2.15. The highest BCUT2D eigenvalue weighted by molar-refractivity contribution is 5.86. The van der Waals surface area contributed by atoms with Crippen molar-refractivity contribution in [2.45, 2.75) is 13.1 Å². The Balaban J connectivity index is 4.12. The van der Waals surface area contributed by atoms with Crippen LogP contribution < -0.4 is 0 Å². The smallest absolute Gasteiger partial charge is 0.422 e. The molecule has 15 heavy (non-hydrogen) atoms. The molecular formula is C9H11F3O3. The van der Waals surface area contributed by atoms with Crippen LogP contribution in [0.2, 0.25) is 0 Å². The Morgan fingerprint density at radius 2 is 2.00 bits per heavy atom. The third-order valence-electron chi connectivity index (χ3n) is 1.19. The van der Waals surface area contributed by atoms with Crippen LogP contribution in [0, 0.1) is 0 Å². The van der Waals surface area contributed by atoms with Crippen LogP contribution in [0.3, 0.4) is 0 Å². The summed E-state index contributed by atoms with van der Waals surface area (Å²) in [5.74, 6) is -1.41. The standard InChI is InChI=1S/C9H11F3O3/c1-3-5-14-7(4-2)8(13)15-6-9(10,11)12/h3-4H,1,5-6H2,2H3/b7-4-. The normalized spacial score (nSPS) is 12.1. The Kier molecular flexibility index (Phi) is 5.51. The van der Waals surface area contributed by atoms with Gasteiger partial charge in [0, 0.05) is 0 Å². The SMILES string of the molecule is C=CCO/C(=C\C)C(=O)OCC(F)(F)F. The number of alkyl halides is 3. The molecule has 0 radical (unpaired) electrons. The maximum atomic E-state index is 11.7. The zero-order valence-corrected chi connectivity index (χ0v) is 8.13. The lowest BCUT2D eigenvalue weighted by atomic mass is 10.4. The first-order chi connectivity index (χ1) is 6.90. The Bertz CT molecular complexity index is 256. The molecule has 3 nitrogen and oxygen atoms in total. The number of esters is 1. The van der Waals surface area contributed by atoms with E-state index in [0.717, 1.165) is 0 Å². The largest absolute Gasteiger partial charge is 0.483 e. The van der Waals surface area contributed by atoms with Crippen molar-refractivity contribution in [1.29, 1.82) is 0 Å². The van der Waals surface area contributed by atoms with E-state index in [4.69, 9.17) is 4.74 Å². The lowest BCUT2D eigenvalue weighted by molar-refractivity contribution is -0.185. The van der Waals surface area contributed by atoms with Gasteiger partial charge in [0.15, 0.2) is 6.61 Å². The van der Waals surface area contributed by atoms with Crippen molar-refractivity contribution in [3.8, 4) is 0 Å². The Hall–Kier alpha value is -1.46. The van der Waals surface area contributed by atoms with E-state index in [1.807, 2.05) is 0 Å². The summed E-state index contributed by atoms with van der Waals surface area (Å²) < 4.78 is 43.8. The molecule has 0 unspecified atom stereocenters. The molecule has 0 aromatic rings. The summed E-state index contributed by atoms with van der Waals surface area (Å²) in [6.07, 6.45) is -1.95. The number of rotatable bonds is 5. The number of halogens is 3. The molecule has 0 spiro atoms. The summed E-state index contributed by atoms with van der Waals surface area (Å²) in [7, 11) is 0. The fourth-order valence-corrected chi connectivity index (χ4v) is 0.627. The number of hydrogen-bond acceptors (Lipinski definition) is 3. The van der Waals surface area contributed by atoms with Crippen LogP contribution in [0.4, 0.5) is 13.2 Å². The molecular weight excluding hydrogens is 213 g/mol. The highest BCUT2D eigenvalue weighted by atomic mass is 19.4. The Morgan fingerprint density at radius 3 is 2.40 bits per heavy atom. The molecule has 86 valence electrons. The third kappa shape index (κ3) is 6.59. The fraction of sp³-hybridized carbons (Fsp3) is 0.444. The van der Waals surface area contributed by atoms with Crippen LogP contribution in [0.25, 0.3) is 0 Å². The summed E-state index contributed by atoms with van der Waals surface area (Å²) >= 11 is 0. The van der Waals surface area contributed by atoms with E-state index in [-0.39, 0.29) is 12.4 Å². The van der Waals surface area contributed by atoms with E-state index in [0.29, 0.717) is 0 Å². The summed E-state index contributed by atoms with van der Waals surface area (Å²) in [5, 5.41) is 0. The molecule has 0 amide bonds. The quantitative estimate of drug-likeness (QED) is 0.311. The highest BCUT2D eigenvalue weighted by Gasteiger charge is 2.30. The van der Waals surface area contributed by atoms with Gasteiger partial charge in [-0.1, -0.05) is 12.7 Å². The topological polar surface area (TPSA) is 35.5 Å². The molecule has 0 aromatic heterocycles. The Morgan fingerprint density at radius 1 is 1.40 bits per heavy atom. The zero-order chi connectivity index (χ0) is 11.9. The predicted molar refractivity (Wildman–Crippen MR) is 46.9 cm³/mol. The van der Waals surface area contributed by atoms with Crippen molar-refractivity contribution in [3.63, 3.8) is 0 Å². The minimum atomic E-state index is -4.53. The van der Waals surface area contributed by atoms with Crippen LogP contribution in [0.15, 0.2) is 24.5 Å². The summed E-state index contributed by atoms with van der Waals surface area (Å²) in [5.41, 5.74) is 0. The molecule has 0 saturated carbocycles. The summed E-state index contributed by atoms with van der Waals surface area (Å²) in [4.78, 5) is 11.0. The minimum absolute atomic E-state index is 0.0286. The molecule has 0 aliphatic carbocycles. The van der Waals surface area contributed by atoms with Gasteiger partial charge in [-0.3, -0.25) is 0 Å². The molecule has 0 aromatic carbocycles. The molecule has 0 N–H and O–H groups in total. The molecule has 0 bridgehead atoms. The second-order valence-electron chi connectivity index (χ2n) is 2.44. The first kappa shape index (κ1) is 13.5. The van der Waals surface area contributed by atoms with Crippen LogP contribution >= 0.6 is 0 Å². The lowest BCUT2D eigenvalue weighted by Gasteiger charge is -2.10. The van der Waals surface area contributed by atoms with Crippen LogP contribution in [-0.2, 0) is 14.3 Å². The van der Waals surface area contributed by atoms with E-state index >= 15 is 0 Å². The van der Waals surface area contributed by atoms with Crippen molar-refractivity contribution in [2.75, 3.05) is 13.2 Å².